The van der Waals surface area contributed by atoms with E-state index in [1.165, 1.54) is 12.1 Å². The van der Waals surface area contributed by atoms with Crippen molar-refractivity contribution < 1.29 is 14.4 Å². The van der Waals surface area contributed by atoms with Gasteiger partial charge in [0.25, 0.3) is 5.69 Å². The Balaban J connectivity index is 1.89. The summed E-state index contributed by atoms with van der Waals surface area (Å²) >= 11 is 9.79. The molecule has 0 fully saturated rings. The SMILES string of the molecule is CCOc1cc(C=C(C#N)c2ccccc2Cl)c(Br)cc1OCc1ccc([N+](=O)[O-])cc1. The zero-order valence-electron chi connectivity index (χ0n) is 17.0. The molecule has 162 valence electrons. The highest BCUT2D eigenvalue weighted by molar-refractivity contribution is 9.10. The number of nitriles is 1. The van der Waals surface area contributed by atoms with E-state index in [9.17, 15) is 15.4 Å². The number of hydrogen-bond acceptors (Lipinski definition) is 5. The van der Waals surface area contributed by atoms with E-state index >= 15 is 0 Å². The molecular formula is C24H18BrClN2O4. The number of rotatable bonds is 8. The maximum absolute atomic E-state index is 10.8. The molecule has 0 radical (unpaired) electrons. The largest absolute Gasteiger partial charge is 0.490 e. The van der Waals surface area contributed by atoms with E-state index in [0.29, 0.717) is 38.7 Å². The minimum atomic E-state index is -0.445. The predicted octanol–water partition coefficient (Wildman–Crippen LogP) is 7.05. The van der Waals surface area contributed by atoms with Crippen molar-refractivity contribution in [3.05, 3.63) is 97.0 Å². The third kappa shape index (κ3) is 5.67. The van der Waals surface area contributed by atoms with Gasteiger partial charge >= 0.3 is 0 Å². The molecule has 3 aromatic carbocycles. The van der Waals surface area contributed by atoms with E-state index in [1.54, 1.807) is 48.5 Å². The second-order valence-electron chi connectivity index (χ2n) is 6.62. The monoisotopic (exact) mass is 512 g/mol. The lowest BCUT2D eigenvalue weighted by atomic mass is 10.0. The van der Waals surface area contributed by atoms with E-state index < -0.39 is 4.92 Å². The Hall–Kier alpha value is -3.34. The molecule has 0 bridgehead atoms. The number of nitro benzene ring substituents is 1. The summed E-state index contributed by atoms with van der Waals surface area (Å²) in [4.78, 5) is 10.4. The van der Waals surface area contributed by atoms with Gasteiger partial charge < -0.3 is 9.47 Å². The van der Waals surface area contributed by atoms with Crippen molar-refractivity contribution in [2.45, 2.75) is 13.5 Å². The van der Waals surface area contributed by atoms with Crippen LogP contribution in [0.4, 0.5) is 5.69 Å². The third-order valence-corrected chi connectivity index (χ3v) is 5.51. The molecular weight excluding hydrogens is 496 g/mol. The fourth-order valence-corrected chi connectivity index (χ4v) is 3.60. The lowest BCUT2D eigenvalue weighted by Gasteiger charge is -2.14. The Morgan fingerprint density at radius 1 is 1.16 bits per heavy atom. The van der Waals surface area contributed by atoms with Gasteiger partial charge in [-0.3, -0.25) is 10.1 Å². The third-order valence-electron chi connectivity index (χ3n) is 4.49. The highest BCUT2D eigenvalue weighted by atomic mass is 79.9. The first-order valence-electron chi connectivity index (χ1n) is 9.62. The summed E-state index contributed by atoms with van der Waals surface area (Å²) in [6.07, 6.45) is 1.73. The Morgan fingerprint density at radius 3 is 2.47 bits per heavy atom. The first-order chi connectivity index (χ1) is 15.4. The van der Waals surface area contributed by atoms with Crippen molar-refractivity contribution in [3.8, 4) is 17.6 Å². The van der Waals surface area contributed by atoms with E-state index in [4.69, 9.17) is 21.1 Å². The molecule has 0 aliphatic rings. The molecule has 0 aromatic heterocycles. The van der Waals surface area contributed by atoms with Gasteiger partial charge in [0.05, 0.1) is 23.2 Å². The van der Waals surface area contributed by atoms with E-state index in [1.807, 2.05) is 13.0 Å². The van der Waals surface area contributed by atoms with Crippen LogP contribution >= 0.6 is 27.5 Å². The maximum atomic E-state index is 10.8. The average Bonchev–Trinajstić information content (AvgIpc) is 2.79. The number of hydrogen-bond donors (Lipinski definition) is 0. The van der Waals surface area contributed by atoms with Crippen molar-refractivity contribution in [3.63, 3.8) is 0 Å². The summed E-state index contributed by atoms with van der Waals surface area (Å²) in [6.45, 7) is 2.50. The van der Waals surface area contributed by atoms with Gasteiger partial charge in [-0.25, -0.2) is 0 Å². The average molecular weight is 514 g/mol. The fraction of sp³-hybridized carbons (Fsp3) is 0.125. The van der Waals surface area contributed by atoms with E-state index in [-0.39, 0.29) is 12.3 Å². The zero-order valence-corrected chi connectivity index (χ0v) is 19.4. The number of nitro groups is 1. The molecule has 0 spiro atoms. The molecule has 6 nitrogen and oxygen atoms in total. The van der Waals surface area contributed by atoms with Gasteiger partial charge in [-0.1, -0.05) is 45.7 Å². The van der Waals surface area contributed by atoms with Crippen molar-refractivity contribution in [1.29, 1.82) is 5.26 Å². The summed E-state index contributed by atoms with van der Waals surface area (Å²) < 4.78 is 12.4. The van der Waals surface area contributed by atoms with Crippen LogP contribution in [-0.2, 0) is 6.61 Å². The van der Waals surface area contributed by atoms with Gasteiger partial charge in [-0.2, -0.15) is 5.26 Å². The molecule has 0 unspecified atom stereocenters. The Kier molecular flexibility index (Phi) is 7.87. The number of halogens is 2. The first kappa shape index (κ1) is 23.3. The summed E-state index contributed by atoms with van der Waals surface area (Å²) in [5.74, 6) is 1.02. The molecule has 0 saturated carbocycles. The van der Waals surface area contributed by atoms with Crippen molar-refractivity contribution in [1.82, 2.24) is 0 Å². The second kappa shape index (κ2) is 10.8. The molecule has 8 heteroatoms. The standard InChI is InChI=1S/C24H18BrClN2O4/c1-2-31-23-12-17(11-18(14-27)20-5-3-4-6-22(20)26)21(25)13-24(23)32-15-16-7-9-19(10-8-16)28(29)30/h3-13H,2,15H2,1H3. The molecule has 0 N–H and O–H groups in total. The van der Waals surface area contributed by atoms with Gasteiger partial charge in [0.15, 0.2) is 11.5 Å². The van der Waals surface area contributed by atoms with Crippen LogP contribution in [0.2, 0.25) is 5.02 Å². The van der Waals surface area contributed by atoms with Crippen molar-refractivity contribution in [2.24, 2.45) is 0 Å². The molecule has 0 aliphatic heterocycles. The van der Waals surface area contributed by atoms with Gasteiger partial charge in [0.1, 0.15) is 6.61 Å². The Morgan fingerprint density at radius 2 is 1.84 bits per heavy atom. The molecule has 0 heterocycles. The number of nitrogens with zero attached hydrogens (tertiary/aromatic N) is 2. The number of ether oxygens (including phenoxy) is 2. The molecule has 0 amide bonds. The minimum Gasteiger partial charge on any atom is -0.490 e. The van der Waals surface area contributed by atoms with Gasteiger partial charge in [-0.15, -0.1) is 0 Å². The normalized spacial score (nSPS) is 11.0. The minimum absolute atomic E-state index is 0.0226. The molecule has 3 aromatic rings. The van der Waals surface area contributed by atoms with Crippen molar-refractivity contribution in [2.75, 3.05) is 6.61 Å². The highest BCUT2D eigenvalue weighted by Crippen LogP contribution is 2.36. The quantitative estimate of drug-likeness (QED) is 0.139. The number of non-ortho nitro benzene ring substituents is 1. The molecule has 32 heavy (non-hydrogen) atoms. The van der Waals surface area contributed by atoms with Crippen molar-refractivity contribution >= 4 is 44.9 Å². The summed E-state index contributed by atoms with van der Waals surface area (Å²) in [5, 5.41) is 21.0. The van der Waals surface area contributed by atoms with Crippen LogP contribution in [-0.4, -0.2) is 11.5 Å². The fourth-order valence-electron chi connectivity index (χ4n) is 2.92. The maximum Gasteiger partial charge on any atom is 0.269 e. The summed E-state index contributed by atoms with van der Waals surface area (Å²) in [5.41, 5.74) is 2.59. The van der Waals surface area contributed by atoms with Gasteiger partial charge in [0, 0.05) is 27.2 Å². The first-order valence-corrected chi connectivity index (χ1v) is 10.8. The van der Waals surface area contributed by atoms with E-state index in [2.05, 4.69) is 22.0 Å². The number of benzene rings is 3. The van der Waals surface area contributed by atoms with Crippen LogP contribution in [0.1, 0.15) is 23.6 Å². The topological polar surface area (TPSA) is 85.4 Å². The summed E-state index contributed by atoms with van der Waals surface area (Å²) in [6, 6.07) is 19.1. The summed E-state index contributed by atoms with van der Waals surface area (Å²) in [7, 11) is 0. The lowest BCUT2D eigenvalue weighted by molar-refractivity contribution is -0.384. The Bertz CT molecular complexity index is 1200. The van der Waals surface area contributed by atoms with Crippen LogP contribution in [0, 0.1) is 21.4 Å². The lowest BCUT2D eigenvalue weighted by Crippen LogP contribution is -2.01. The number of allylic oxidation sites excluding steroid dienone is 1. The van der Waals surface area contributed by atoms with Crippen LogP contribution < -0.4 is 9.47 Å². The molecule has 3 rings (SSSR count). The molecule has 0 atom stereocenters. The molecule has 0 aliphatic carbocycles. The molecule has 0 saturated heterocycles. The van der Waals surface area contributed by atoms with Crippen LogP contribution in [0.3, 0.4) is 0 Å². The second-order valence-corrected chi connectivity index (χ2v) is 7.88. The van der Waals surface area contributed by atoms with Crippen LogP contribution in [0.25, 0.3) is 11.6 Å². The predicted molar refractivity (Wildman–Crippen MR) is 128 cm³/mol. The van der Waals surface area contributed by atoms with Crippen LogP contribution in [0.15, 0.2) is 65.1 Å². The smallest absolute Gasteiger partial charge is 0.269 e. The van der Waals surface area contributed by atoms with Gasteiger partial charge in [0.2, 0.25) is 0 Å². The highest BCUT2D eigenvalue weighted by Gasteiger charge is 2.13. The zero-order chi connectivity index (χ0) is 23.1. The van der Waals surface area contributed by atoms with Gasteiger partial charge in [-0.05, 0) is 54.5 Å². The van der Waals surface area contributed by atoms with E-state index in [0.717, 1.165) is 11.1 Å². The van der Waals surface area contributed by atoms with Crippen LogP contribution in [0.5, 0.6) is 11.5 Å². The Labute approximate surface area is 198 Å².